The van der Waals surface area contributed by atoms with Crippen LogP contribution < -0.4 is 4.74 Å². The second-order valence-electron chi connectivity index (χ2n) is 7.91. The van der Waals surface area contributed by atoms with Crippen LogP contribution in [0.25, 0.3) is 11.1 Å². The Morgan fingerprint density at radius 1 is 1.19 bits per heavy atom. The molecule has 0 bridgehead atoms. The Morgan fingerprint density at radius 3 is 2.68 bits per heavy atom. The van der Waals surface area contributed by atoms with Crippen molar-refractivity contribution in [1.29, 1.82) is 0 Å². The Balaban J connectivity index is 1.63. The fourth-order valence-corrected chi connectivity index (χ4v) is 4.20. The van der Waals surface area contributed by atoms with Crippen LogP contribution in [0.2, 0.25) is 0 Å². The summed E-state index contributed by atoms with van der Waals surface area (Å²) in [6, 6.07) is 11.6. The third kappa shape index (κ3) is 4.31. The molecular weight excluding hydrogens is 396 g/mol. The van der Waals surface area contributed by atoms with Crippen molar-refractivity contribution in [2.75, 3.05) is 26.8 Å². The first-order chi connectivity index (χ1) is 15.0. The van der Waals surface area contributed by atoms with Crippen molar-refractivity contribution >= 4 is 23.0 Å². The van der Waals surface area contributed by atoms with Crippen molar-refractivity contribution in [2.45, 2.75) is 33.2 Å². The number of likely N-dealkylation sites (tertiary alicyclic amines) is 1. The molecule has 1 atom stereocenters. The molecule has 1 aliphatic heterocycles. The van der Waals surface area contributed by atoms with Gasteiger partial charge in [-0.1, -0.05) is 12.1 Å². The fraction of sp³-hybridized carbons (Fsp3) is 0.417. The monoisotopic (exact) mass is 424 g/mol. The zero-order chi connectivity index (χ0) is 22.0. The number of aryl methyl sites for hydroxylation is 1. The number of fused-ring (bicyclic) bond motifs is 1. The summed E-state index contributed by atoms with van der Waals surface area (Å²) in [5, 5.41) is 0. The van der Waals surface area contributed by atoms with Gasteiger partial charge in [-0.2, -0.15) is 0 Å². The van der Waals surface area contributed by atoms with E-state index < -0.39 is 0 Å². The predicted molar refractivity (Wildman–Crippen MR) is 116 cm³/mol. The standard InChI is InChI=1S/C24H28N2O5/c1-4-30-24(28)18-6-5-11-25(15-18)23(27)21-13-22-20(12-16(2)31-22)26(21)14-17-7-9-19(29-3)10-8-17/h7-10,12-13,18H,4-6,11,14-15H2,1-3H3/t18-/m0/s1. The van der Waals surface area contributed by atoms with Crippen LogP contribution in [-0.2, 0) is 16.1 Å². The van der Waals surface area contributed by atoms with E-state index in [4.69, 9.17) is 13.9 Å². The Kier molecular flexibility index (Phi) is 6.02. The number of nitrogens with zero attached hydrogens (tertiary/aromatic N) is 2. The number of esters is 1. The zero-order valence-corrected chi connectivity index (χ0v) is 18.2. The molecule has 7 nitrogen and oxygen atoms in total. The number of ether oxygens (including phenoxy) is 2. The van der Waals surface area contributed by atoms with Crippen LogP contribution in [0.4, 0.5) is 0 Å². The molecule has 0 unspecified atom stereocenters. The maximum absolute atomic E-state index is 13.5. The molecule has 1 fully saturated rings. The van der Waals surface area contributed by atoms with Crippen molar-refractivity contribution in [3.8, 4) is 5.75 Å². The van der Waals surface area contributed by atoms with Crippen molar-refractivity contribution in [3.63, 3.8) is 0 Å². The van der Waals surface area contributed by atoms with Gasteiger partial charge in [-0.05, 0) is 44.4 Å². The molecule has 1 amide bonds. The highest BCUT2D eigenvalue weighted by Gasteiger charge is 2.31. The average molecular weight is 424 g/mol. The molecular formula is C24H28N2O5. The number of amides is 1. The second kappa shape index (κ2) is 8.88. The van der Waals surface area contributed by atoms with E-state index >= 15 is 0 Å². The van der Waals surface area contributed by atoms with Gasteiger partial charge in [0, 0.05) is 31.8 Å². The number of hydrogen-bond donors (Lipinski definition) is 0. The summed E-state index contributed by atoms with van der Waals surface area (Å²) < 4.78 is 18.2. The minimum atomic E-state index is -0.270. The summed E-state index contributed by atoms with van der Waals surface area (Å²) in [6.45, 7) is 5.58. The van der Waals surface area contributed by atoms with E-state index in [1.807, 2.05) is 47.9 Å². The lowest BCUT2D eigenvalue weighted by molar-refractivity contribution is -0.149. The first-order valence-electron chi connectivity index (χ1n) is 10.7. The third-order valence-corrected chi connectivity index (χ3v) is 5.76. The van der Waals surface area contributed by atoms with E-state index in [2.05, 4.69) is 0 Å². The van der Waals surface area contributed by atoms with Crippen LogP contribution in [0.15, 0.2) is 40.8 Å². The van der Waals surface area contributed by atoms with Gasteiger partial charge in [0.1, 0.15) is 17.2 Å². The van der Waals surface area contributed by atoms with Gasteiger partial charge in [-0.3, -0.25) is 9.59 Å². The molecule has 31 heavy (non-hydrogen) atoms. The van der Waals surface area contributed by atoms with E-state index in [0.717, 1.165) is 35.4 Å². The van der Waals surface area contributed by atoms with Crippen LogP contribution in [-0.4, -0.2) is 48.1 Å². The number of piperidine rings is 1. The third-order valence-electron chi connectivity index (χ3n) is 5.76. The van der Waals surface area contributed by atoms with Crippen LogP contribution >= 0.6 is 0 Å². The van der Waals surface area contributed by atoms with Gasteiger partial charge in [0.05, 0.1) is 25.2 Å². The van der Waals surface area contributed by atoms with Gasteiger partial charge in [0.2, 0.25) is 0 Å². The lowest BCUT2D eigenvalue weighted by atomic mass is 9.98. The second-order valence-corrected chi connectivity index (χ2v) is 7.91. The highest BCUT2D eigenvalue weighted by Crippen LogP contribution is 2.28. The molecule has 0 saturated carbocycles. The van der Waals surface area contributed by atoms with Crippen LogP contribution in [0.5, 0.6) is 5.75 Å². The largest absolute Gasteiger partial charge is 0.497 e. The van der Waals surface area contributed by atoms with E-state index in [1.165, 1.54) is 0 Å². The van der Waals surface area contributed by atoms with E-state index in [9.17, 15) is 9.59 Å². The predicted octanol–water partition coefficient (Wildman–Crippen LogP) is 4.01. The normalized spacial score (nSPS) is 16.5. The van der Waals surface area contributed by atoms with E-state index in [0.29, 0.717) is 37.5 Å². The van der Waals surface area contributed by atoms with Crippen molar-refractivity contribution in [2.24, 2.45) is 5.92 Å². The van der Waals surface area contributed by atoms with Crippen molar-refractivity contribution in [1.82, 2.24) is 9.47 Å². The van der Waals surface area contributed by atoms with E-state index in [1.54, 1.807) is 18.9 Å². The Labute approximate surface area is 181 Å². The highest BCUT2D eigenvalue weighted by atomic mass is 16.5. The quantitative estimate of drug-likeness (QED) is 0.559. The molecule has 3 aromatic rings. The Morgan fingerprint density at radius 2 is 1.97 bits per heavy atom. The highest BCUT2D eigenvalue weighted by molar-refractivity contribution is 5.98. The smallest absolute Gasteiger partial charge is 0.310 e. The van der Waals surface area contributed by atoms with Crippen molar-refractivity contribution in [3.05, 3.63) is 53.4 Å². The van der Waals surface area contributed by atoms with Crippen LogP contribution in [0.1, 0.15) is 41.6 Å². The molecule has 164 valence electrons. The van der Waals surface area contributed by atoms with Gasteiger partial charge in [0.25, 0.3) is 5.91 Å². The molecule has 0 radical (unpaired) electrons. The summed E-state index contributed by atoms with van der Waals surface area (Å²) in [5.41, 5.74) is 3.19. The van der Waals surface area contributed by atoms with Gasteiger partial charge in [-0.25, -0.2) is 0 Å². The van der Waals surface area contributed by atoms with Crippen LogP contribution in [0.3, 0.4) is 0 Å². The summed E-state index contributed by atoms with van der Waals surface area (Å²) in [6.07, 6.45) is 1.53. The molecule has 7 heteroatoms. The number of hydrogen-bond acceptors (Lipinski definition) is 5. The minimum Gasteiger partial charge on any atom is -0.497 e. The minimum absolute atomic E-state index is 0.0911. The first kappa shape index (κ1) is 21.0. The molecule has 1 aromatic carbocycles. The molecule has 3 heterocycles. The molecule has 1 saturated heterocycles. The molecule has 1 aliphatic rings. The zero-order valence-electron chi connectivity index (χ0n) is 18.2. The molecule has 4 rings (SSSR count). The SMILES string of the molecule is CCOC(=O)[C@H]1CCCN(C(=O)c2cc3oc(C)cc3n2Cc2ccc(OC)cc2)C1. The van der Waals surface area contributed by atoms with Crippen molar-refractivity contribution < 1.29 is 23.5 Å². The maximum Gasteiger partial charge on any atom is 0.310 e. The molecule has 0 N–H and O–H groups in total. The number of rotatable bonds is 6. The van der Waals surface area contributed by atoms with Gasteiger partial charge >= 0.3 is 5.97 Å². The average Bonchev–Trinajstić information content (AvgIpc) is 3.30. The number of carbonyl (C=O) groups is 2. The lowest BCUT2D eigenvalue weighted by Gasteiger charge is -2.31. The van der Waals surface area contributed by atoms with Gasteiger partial charge in [-0.15, -0.1) is 0 Å². The summed E-state index contributed by atoms with van der Waals surface area (Å²) in [7, 11) is 1.64. The Hall–Kier alpha value is -3.22. The number of benzene rings is 1. The summed E-state index contributed by atoms with van der Waals surface area (Å²) >= 11 is 0. The first-order valence-corrected chi connectivity index (χ1v) is 10.7. The number of carbonyl (C=O) groups excluding carboxylic acids is 2. The maximum atomic E-state index is 13.5. The summed E-state index contributed by atoms with van der Waals surface area (Å²) in [5.74, 6) is 1.00. The molecule has 0 spiro atoms. The number of furan rings is 1. The summed E-state index contributed by atoms with van der Waals surface area (Å²) in [4.78, 5) is 27.5. The van der Waals surface area contributed by atoms with Crippen LogP contribution in [0, 0.1) is 12.8 Å². The lowest BCUT2D eigenvalue weighted by Crippen LogP contribution is -2.43. The Bertz CT molecular complexity index is 1080. The van der Waals surface area contributed by atoms with E-state index in [-0.39, 0.29) is 17.8 Å². The number of aromatic nitrogens is 1. The fourth-order valence-electron chi connectivity index (χ4n) is 4.20. The number of methoxy groups -OCH3 is 1. The topological polar surface area (TPSA) is 73.9 Å². The van der Waals surface area contributed by atoms with Gasteiger partial charge in [0.15, 0.2) is 5.58 Å². The molecule has 0 aliphatic carbocycles. The molecule has 2 aromatic heterocycles. The van der Waals surface area contributed by atoms with Gasteiger partial charge < -0.3 is 23.4 Å².